The van der Waals surface area contributed by atoms with Crippen LogP contribution in [0.25, 0.3) is 0 Å². The number of nitrogens with zero attached hydrogens (tertiary/aromatic N) is 2. The van der Waals surface area contributed by atoms with Crippen molar-refractivity contribution in [2.45, 2.75) is 0 Å². The fourth-order valence-corrected chi connectivity index (χ4v) is 1.11. The molecule has 0 fully saturated rings. The van der Waals surface area contributed by atoms with Crippen molar-refractivity contribution >= 4 is 33.5 Å². The molecule has 0 bridgehead atoms. The molecule has 74 valence electrons. The van der Waals surface area contributed by atoms with E-state index in [9.17, 15) is 0 Å². The van der Waals surface area contributed by atoms with Crippen LogP contribution >= 0.6 is 23.2 Å². The Balaban J connectivity index is 3.01. The van der Waals surface area contributed by atoms with Gasteiger partial charge < -0.3 is 10.4 Å². The van der Waals surface area contributed by atoms with Gasteiger partial charge in [0, 0.05) is 11.1 Å². The minimum absolute atomic E-state index is 0.0198. The summed E-state index contributed by atoms with van der Waals surface area (Å²) in [6.07, 6.45) is 0. The molecule has 0 aromatic heterocycles. The molecule has 6 heteroatoms. The maximum atomic E-state index is 8.38. The highest BCUT2D eigenvalue weighted by Gasteiger charge is 2.03. The van der Waals surface area contributed by atoms with Crippen molar-refractivity contribution < 1.29 is 10.4 Å². The highest BCUT2D eigenvalue weighted by atomic mass is 35.5. The van der Waals surface area contributed by atoms with Crippen LogP contribution in [0.5, 0.6) is 0 Å². The van der Waals surface area contributed by atoms with Crippen LogP contribution in [0.1, 0.15) is 11.1 Å². The molecule has 0 amide bonds. The van der Waals surface area contributed by atoms with E-state index in [0.717, 1.165) is 0 Å². The second kappa shape index (κ2) is 4.83. The van der Waals surface area contributed by atoms with E-state index in [2.05, 4.69) is 10.3 Å². The van der Waals surface area contributed by atoms with Crippen molar-refractivity contribution in [2.75, 3.05) is 0 Å². The number of halogens is 2. The van der Waals surface area contributed by atoms with Crippen LogP contribution in [0.4, 0.5) is 0 Å². The van der Waals surface area contributed by atoms with Gasteiger partial charge in [0.25, 0.3) is 0 Å². The van der Waals surface area contributed by atoms with Gasteiger partial charge in [-0.3, -0.25) is 0 Å². The van der Waals surface area contributed by atoms with Gasteiger partial charge in [0.1, 0.15) is 0 Å². The van der Waals surface area contributed by atoms with Crippen LogP contribution in [0.3, 0.4) is 0 Å². The van der Waals surface area contributed by atoms with Crippen LogP contribution in [-0.4, -0.2) is 20.8 Å². The molecule has 14 heavy (non-hydrogen) atoms. The first-order valence-electron chi connectivity index (χ1n) is 3.55. The molecule has 0 aliphatic rings. The Labute approximate surface area is 90.1 Å². The molecule has 1 aromatic rings. The summed E-state index contributed by atoms with van der Waals surface area (Å²) in [5.74, 6) is 0. The van der Waals surface area contributed by atoms with Crippen molar-refractivity contribution in [1.82, 2.24) is 0 Å². The van der Waals surface area contributed by atoms with Gasteiger partial charge >= 0.3 is 0 Å². The van der Waals surface area contributed by atoms with E-state index in [1.807, 2.05) is 0 Å². The van der Waals surface area contributed by atoms with E-state index in [0.29, 0.717) is 11.1 Å². The molecule has 0 aliphatic heterocycles. The summed E-state index contributed by atoms with van der Waals surface area (Å²) in [6, 6.07) is 6.35. The van der Waals surface area contributed by atoms with Crippen molar-refractivity contribution in [3.8, 4) is 0 Å². The van der Waals surface area contributed by atoms with Crippen molar-refractivity contribution in [3.63, 3.8) is 0 Å². The molecular weight excluding hydrogens is 227 g/mol. The first kappa shape index (κ1) is 10.8. The molecule has 0 radical (unpaired) electrons. The van der Waals surface area contributed by atoms with Crippen LogP contribution in [0.15, 0.2) is 34.6 Å². The van der Waals surface area contributed by atoms with E-state index in [1.165, 1.54) is 0 Å². The third-order valence-corrected chi connectivity index (χ3v) is 2.12. The number of hydrogen-bond donors (Lipinski definition) is 2. The SMILES string of the molecule is O/N=C(\Cl)c1ccc(/C(Cl)=N\O)cc1. The molecule has 0 saturated carbocycles. The van der Waals surface area contributed by atoms with Crippen LogP contribution in [-0.2, 0) is 0 Å². The van der Waals surface area contributed by atoms with Gasteiger partial charge in [-0.1, -0.05) is 57.8 Å². The first-order valence-corrected chi connectivity index (χ1v) is 4.30. The Hall–Kier alpha value is -1.26. The number of rotatable bonds is 2. The van der Waals surface area contributed by atoms with E-state index >= 15 is 0 Å². The lowest BCUT2D eigenvalue weighted by Gasteiger charge is -1.98. The predicted molar refractivity (Wildman–Crippen MR) is 54.8 cm³/mol. The Morgan fingerprint density at radius 3 is 1.36 bits per heavy atom. The molecular formula is C8H6Cl2N2O2. The first-order chi connectivity index (χ1) is 6.69. The standard InChI is InChI=1S/C8H6Cl2N2O2/c9-7(11-13)5-1-2-6(4-3-5)8(10)12-14/h1-4,13-14H/b11-7-,12-8+. The molecule has 2 N–H and O–H groups in total. The summed E-state index contributed by atoms with van der Waals surface area (Å²) in [7, 11) is 0. The smallest absolute Gasteiger partial charge is 0.175 e. The van der Waals surface area contributed by atoms with E-state index in [4.69, 9.17) is 33.6 Å². The molecule has 0 aliphatic carbocycles. The maximum Gasteiger partial charge on any atom is 0.175 e. The van der Waals surface area contributed by atoms with E-state index < -0.39 is 0 Å². The summed E-state index contributed by atoms with van der Waals surface area (Å²) in [5, 5.41) is 22.4. The van der Waals surface area contributed by atoms with Gasteiger partial charge in [0.2, 0.25) is 0 Å². The molecule has 1 rings (SSSR count). The van der Waals surface area contributed by atoms with Crippen molar-refractivity contribution in [2.24, 2.45) is 10.3 Å². The third-order valence-electron chi connectivity index (χ3n) is 1.54. The fourth-order valence-electron chi connectivity index (χ4n) is 0.861. The zero-order chi connectivity index (χ0) is 10.6. The summed E-state index contributed by atoms with van der Waals surface area (Å²) in [4.78, 5) is 0. The lowest BCUT2D eigenvalue weighted by molar-refractivity contribution is 0.320. The molecule has 0 atom stereocenters. The molecule has 4 nitrogen and oxygen atoms in total. The van der Waals surface area contributed by atoms with Crippen LogP contribution in [0.2, 0.25) is 0 Å². The number of hydrogen-bond acceptors (Lipinski definition) is 4. The minimum Gasteiger partial charge on any atom is -0.410 e. The van der Waals surface area contributed by atoms with Gasteiger partial charge in [-0.25, -0.2) is 0 Å². The average molecular weight is 233 g/mol. The van der Waals surface area contributed by atoms with Gasteiger partial charge in [0.05, 0.1) is 0 Å². The number of benzene rings is 1. The van der Waals surface area contributed by atoms with Crippen molar-refractivity contribution in [1.29, 1.82) is 0 Å². The molecule has 1 aromatic carbocycles. The molecule has 0 saturated heterocycles. The summed E-state index contributed by atoms with van der Waals surface area (Å²) < 4.78 is 0. The zero-order valence-electron chi connectivity index (χ0n) is 6.85. The molecule has 0 heterocycles. The number of oxime groups is 2. The van der Waals surface area contributed by atoms with Crippen LogP contribution < -0.4 is 0 Å². The topological polar surface area (TPSA) is 65.2 Å². The summed E-state index contributed by atoms with van der Waals surface area (Å²) in [6.45, 7) is 0. The maximum absolute atomic E-state index is 8.38. The second-order valence-corrected chi connectivity index (χ2v) is 3.07. The van der Waals surface area contributed by atoms with Gasteiger partial charge in [0.15, 0.2) is 10.3 Å². The van der Waals surface area contributed by atoms with E-state index in [-0.39, 0.29) is 10.3 Å². The average Bonchev–Trinajstić information content (AvgIpc) is 2.27. The second-order valence-electron chi connectivity index (χ2n) is 2.36. The van der Waals surface area contributed by atoms with Gasteiger partial charge in [-0.05, 0) is 0 Å². The largest absolute Gasteiger partial charge is 0.410 e. The third kappa shape index (κ3) is 2.37. The lowest BCUT2D eigenvalue weighted by Crippen LogP contribution is -1.94. The summed E-state index contributed by atoms with van der Waals surface area (Å²) in [5.41, 5.74) is 1.08. The van der Waals surface area contributed by atoms with E-state index in [1.54, 1.807) is 24.3 Å². The summed E-state index contributed by atoms with van der Waals surface area (Å²) >= 11 is 11.1. The minimum atomic E-state index is -0.0198. The Bertz CT molecular complexity index is 336. The zero-order valence-corrected chi connectivity index (χ0v) is 8.37. The van der Waals surface area contributed by atoms with Crippen molar-refractivity contribution in [3.05, 3.63) is 35.4 Å². The lowest BCUT2D eigenvalue weighted by atomic mass is 10.1. The van der Waals surface area contributed by atoms with Gasteiger partial charge in [-0.2, -0.15) is 0 Å². The molecule has 0 unspecified atom stereocenters. The van der Waals surface area contributed by atoms with Gasteiger partial charge in [-0.15, -0.1) is 0 Å². The molecule has 0 spiro atoms. The fraction of sp³-hybridized carbons (Fsp3) is 0. The normalized spacial score (nSPS) is 13.0. The Kier molecular flexibility index (Phi) is 3.73. The monoisotopic (exact) mass is 232 g/mol. The highest BCUT2D eigenvalue weighted by molar-refractivity contribution is 6.70. The Morgan fingerprint density at radius 2 is 1.14 bits per heavy atom. The highest BCUT2D eigenvalue weighted by Crippen LogP contribution is 2.10. The Morgan fingerprint density at radius 1 is 0.857 bits per heavy atom. The predicted octanol–water partition coefficient (Wildman–Crippen LogP) is 2.44. The quantitative estimate of drug-likeness (QED) is 0.468. The van der Waals surface area contributed by atoms with Crippen LogP contribution in [0, 0.1) is 0 Å².